The lowest BCUT2D eigenvalue weighted by Gasteiger charge is -2.43. The minimum absolute atomic E-state index is 0.226. The van der Waals surface area contributed by atoms with E-state index in [2.05, 4.69) is 36.6 Å². The van der Waals surface area contributed by atoms with E-state index in [4.69, 9.17) is 11.6 Å². The van der Waals surface area contributed by atoms with Gasteiger partial charge in [0.25, 0.3) is 0 Å². The molecular formula is C15H25ClN2S. The van der Waals surface area contributed by atoms with E-state index in [0.29, 0.717) is 6.04 Å². The standard InChI is InChI=1S/C15H25ClN2S/c1-4-10-17-14(13-12(16)7-11-19-13)15(18(2)3)8-5-6-9-15/h7,11,14,17H,4-6,8-10H2,1-3H3. The largest absolute Gasteiger partial charge is 0.308 e. The molecule has 0 saturated heterocycles. The van der Waals surface area contributed by atoms with Crippen molar-refractivity contribution >= 4 is 22.9 Å². The van der Waals surface area contributed by atoms with E-state index in [9.17, 15) is 0 Å². The lowest BCUT2D eigenvalue weighted by atomic mass is 9.85. The van der Waals surface area contributed by atoms with Crippen LogP contribution in [0.4, 0.5) is 0 Å². The summed E-state index contributed by atoms with van der Waals surface area (Å²) in [5, 5.41) is 6.79. The molecule has 1 fully saturated rings. The maximum Gasteiger partial charge on any atom is 0.0616 e. The summed E-state index contributed by atoms with van der Waals surface area (Å²) in [6.45, 7) is 3.27. The Morgan fingerprint density at radius 3 is 2.58 bits per heavy atom. The second-order valence-electron chi connectivity index (χ2n) is 5.73. The van der Waals surface area contributed by atoms with Gasteiger partial charge >= 0.3 is 0 Å². The highest BCUT2D eigenvalue weighted by Gasteiger charge is 2.44. The minimum Gasteiger partial charge on any atom is -0.308 e. The third-order valence-corrected chi connectivity index (χ3v) is 5.83. The first-order chi connectivity index (χ1) is 9.12. The van der Waals surface area contributed by atoms with Crippen molar-refractivity contribution < 1.29 is 0 Å². The molecule has 1 heterocycles. The first kappa shape index (κ1) is 15.3. The fourth-order valence-electron chi connectivity index (χ4n) is 3.31. The van der Waals surface area contributed by atoms with Crippen molar-refractivity contribution in [3.63, 3.8) is 0 Å². The Balaban J connectivity index is 2.33. The van der Waals surface area contributed by atoms with Gasteiger partial charge in [0, 0.05) is 10.4 Å². The first-order valence-electron chi connectivity index (χ1n) is 7.25. The maximum absolute atomic E-state index is 6.41. The van der Waals surface area contributed by atoms with Crippen LogP contribution in [-0.2, 0) is 0 Å². The molecule has 0 radical (unpaired) electrons. The van der Waals surface area contributed by atoms with Crippen LogP contribution in [0, 0.1) is 0 Å². The zero-order valence-electron chi connectivity index (χ0n) is 12.2. The lowest BCUT2D eigenvalue weighted by Crippen LogP contribution is -2.52. The van der Waals surface area contributed by atoms with Gasteiger partial charge in [0.2, 0.25) is 0 Å². The average molecular weight is 301 g/mol. The zero-order chi connectivity index (χ0) is 13.9. The van der Waals surface area contributed by atoms with Gasteiger partial charge in [-0.05, 0) is 51.3 Å². The molecule has 108 valence electrons. The van der Waals surface area contributed by atoms with E-state index in [1.54, 1.807) is 11.3 Å². The topological polar surface area (TPSA) is 15.3 Å². The predicted molar refractivity (Wildman–Crippen MR) is 85.2 cm³/mol. The average Bonchev–Trinajstić information content (AvgIpc) is 3.01. The summed E-state index contributed by atoms with van der Waals surface area (Å²) in [5.74, 6) is 0. The van der Waals surface area contributed by atoms with Crippen LogP contribution >= 0.6 is 22.9 Å². The summed E-state index contributed by atoms with van der Waals surface area (Å²) in [6, 6.07) is 2.39. The van der Waals surface area contributed by atoms with Crippen LogP contribution in [0.25, 0.3) is 0 Å². The van der Waals surface area contributed by atoms with Gasteiger partial charge < -0.3 is 10.2 Å². The molecule has 0 bridgehead atoms. The quantitative estimate of drug-likeness (QED) is 0.842. The number of rotatable bonds is 6. The van der Waals surface area contributed by atoms with Gasteiger partial charge in [0.15, 0.2) is 0 Å². The Kier molecular flexibility index (Phi) is 5.29. The van der Waals surface area contributed by atoms with Crippen LogP contribution in [0.2, 0.25) is 5.02 Å². The Labute approximate surface area is 126 Å². The molecule has 1 aromatic heterocycles. The molecule has 1 unspecified atom stereocenters. The predicted octanol–water partition coefficient (Wildman–Crippen LogP) is 4.32. The molecule has 19 heavy (non-hydrogen) atoms. The summed E-state index contributed by atoms with van der Waals surface area (Å²) in [7, 11) is 4.43. The SMILES string of the molecule is CCCNC(c1sccc1Cl)C1(N(C)C)CCCC1. The Hall–Kier alpha value is -0.0900. The third-order valence-electron chi connectivity index (χ3n) is 4.40. The Bertz CT molecular complexity index is 397. The van der Waals surface area contributed by atoms with Crippen molar-refractivity contribution in [2.75, 3.05) is 20.6 Å². The molecule has 0 amide bonds. The van der Waals surface area contributed by atoms with E-state index < -0.39 is 0 Å². The first-order valence-corrected chi connectivity index (χ1v) is 8.51. The van der Waals surface area contributed by atoms with Gasteiger partial charge in [-0.3, -0.25) is 0 Å². The van der Waals surface area contributed by atoms with Crippen LogP contribution in [-0.4, -0.2) is 31.1 Å². The number of nitrogens with one attached hydrogen (secondary N) is 1. The minimum atomic E-state index is 0.226. The van der Waals surface area contributed by atoms with Crippen LogP contribution in [0.1, 0.15) is 49.9 Å². The molecule has 1 aliphatic rings. The van der Waals surface area contributed by atoms with Gasteiger partial charge in [-0.25, -0.2) is 0 Å². The normalized spacial score (nSPS) is 20.1. The van der Waals surface area contributed by atoms with Crippen LogP contribution in [0.15, 0.2) is 11.4 Å². The summed E-state index contributed by atoms with van der Waals surface area (Å²) in [5.41, 5.74) is 0.226. The van der Waals surface area contributed by atoms with Gasteiger partial charge in [-0.1, -0.05) is 31.4 Å². The molecular weight excluding hydrogens is 276 g/mol. The summed E-state index contributed by atoms with van der Waals surface area (Å²) in [4.78, 5) is 3.73. The number of halogens is 1. The number of hydrogen-bond acceptors (Lipinski definition) is 3. The van der Waals surface area contributed by atoms with Crippen molar-refractivity contribution in [2.45, 2.75) is 50.6 Å². The molecule has 0 spiro atoms. The van der Waals surface area contributed by atoms with E-state index in [1.807, 2.05) is 6.07 Å². The number of nitrogens with zero attached hydrogens (tertiary/aromatic N) is 1. The molecule has 1 atom stereocenters. The highest BCUT2D eigenvalue weighted by molar-refractivity contribution is 7.10. The van der Waals surface area contributed by atoms with Gasteiger partial charge in [0.1, 0.15) is 0 Å². The van der Waals surface area contributed by atoms with E-state index in [1.165, 1.54) is 30.6 Å². The number of hydrogen-bond donors (Lipinski definition) is 1. The molecule has 2 nitrogen and oxygen atoms in total. The van der Waals surface area contributed by atoms with Crippen molar-refractivity contribution in [2.24, 2.45) is 0 Å². The fraction of sp³-hybridized carbons (Fsp3) is 0.733. The van der Waals surface area contributed by atoms with Gasteiger partial charge in [0.05, 0.1) is 11.1 Å². The van der Waals surface area contributed by atoms with E-state index in [0.717, 1.165) is 18.0 Å². The van der Waals surface area contributed by atoms with Crippen molar-refractivity contribution in [3.05, 3.63) is 21.3 Å². The summed E-state index contributed by atoms with van der Waals surface area (Å²) in [6.07, 6.45) is 6.32. The highest BCUT2D eigenvalue weighted by atomic mass is 35.5. The van der Waals surface area contributed by atoms with Crippen LogP contribution in [0.3, 0.4) is 0 Å². The highest BCUT2D eigenvalue weighted by Crippen LogP contribution is 2.46. The molecule has 1 aromatic rings. The second kappa shape index (κ2) is 6.57. The molecule has 1 N–H and O–H groups in total. The molecule has 1 aliphatic carbocycles. The van der Waals surface area contributed by atoms with Gasteiger partial charge in [-0.2, -0.15) is 0 Å². The second-order valence-corrected chi connectivity index (χ2v) is 7.08. The lowest BCUT2D eigenvalue weighted by molar-refractivity contribution is 0.106. The molecule has 0 aromatic carbocycles. The van der Waals surface area contributed by atoms with Crippen LogP contribution < -0.4 is 5.32 Å². The smallest absolute Gasteiger partial charge is 0.0616 e. The maximum atomic E-state index is 6.41. The molecule has 2 rings (SSSR count). The van der Waals surface area contributed by atoms with E-state index in [-0.39, 0.29) is 5.54 Å². The van der Waals surface area contributed by atoms with Crippen molar-refractivity contribution in [1.29, 1.82) is 0 Å². The van der Waals surface area contributed by atoms with Crippen LogP contribution in [0.5, 0.6) is 0 Å². The monoisotopic (exact) mass is 300 g/mol. The van der Waals surface area contributed by atoms with Crippen molar-refractivity contribution in [1.82, 2.24) is 10.2 Å². The summed E-state index contributed by atoms with van der Waals surface area (Å²) < 4.78 is 0. The number of thiophene rings is 1. The fourth-order valence-corrected chi connectivity index (χ4v) is 4.66. The van der Waals surface area contributed by atoms with Crippen molar-refractivity contribution in [3.8, 4) is 0 Å². The summed E-state index contributed by atoms with van der Waals surface area (Å²) >= 11 is 8.20. The zero-order valence-corrected chi connectivity index (χ0v) is 13.8. The third kappa shape index (κ3) is 2.99. The molecule has 0 aliphatic heterocycles. The Morgan fingerprint density at radius 2 is 2.11 bits per heavy atom. The molecule has 1 saturated carbocycles. The Morgan fingerprint density at radius 1 is 1.42 bits per heavy atom. The number of likely N-dealkylation sites (N-methyl/N-ethyl adjacent to an activating group) is 1. The van der Waals surface area contributed by atoms with E-state index >= 15 is 0 Å². The van der Waals surface area contributed by atoms with Gasteiger partial charge in [-0.15, -0.1) is 11.3 Å². The molecule has 4 heteroatoms.